The molecule has 0 spiro atoms. The third kappa shape index (κ3) is 17.5. The molecule has 2 aliphatic heterocycles. The van der Waals surface area contributed by atoms with Crippen molar-refractivity contribution in [1.82, 2.24) is 9.80 Å². The van der Waals surface area contributed by atoms with E-state index in [1.54, 1.807) is 6.66 Å². The van der Waals surface area contributed by atoms with E-state index in [1.807, 2.05) is 117 Å². The first kappa shape index (κ1) is 66.3. The van der Waals surface area contributed by atoms with Crippen molar-refractivity contribution in [3.05, 3.63) is 148 Å². The van der Waals surface area contributed by atoms with Crippen molar-refractivity contribution in [3.8, 4) is 0 Å². The first-order valence-electron chi connectivity index (χ1n) is 20.2. The van der Waals surface area contributed by atoms with Crippen LogP contribution in [0.2, 0.25) is 0 Å². The number of hydrogen-bond donors (Lipinski definition) is 4. The van der Waals surface area contributed by atoms with Gasteiger partial charge in [0, 0.05) is 50.9 Å². The number of Topliss-reactive ketones (excluding diaryl/α,β-unsaturated/α-hetero) is 2. The van der Waals surface area contributed by atoms with Crippen LogP contribution in [0.1, 0.15) is 78.2 Å². The number of allylic oxidation sites excluding steroid dienone is 4. The summed E-state index contributed by atoms with van der Waals surface area (Å²) in [6.45, 7) is 17.4. The summed E-state index contributed by atoms with van der Waals surface area (Å²) in [7, 11) is 4.01. The van der Waals surface area contributed by atoms with Gasteiger partial charge in [0.2, 0.25) is 11.6 Å². The molecule has 3 aliphatic rings. The van der Waals surface area contributed by atoms with E-state index >= 15 is 0 Å². The Labute approximate surface area is 389 Å². The Balaban J connectivity index is -0.000000431. The molecular weight excluding hydrogens is 848 g/mol. The van der Waals surface area contributed by atoms with Crippen LogP contribution < -0.4 is 15.5 Å². The highest BCUT2D eigenvalue weighted by Gasteiger charge is 2.37. The van der Waals surface area contributed by atoms with Gasteiger partial charge in [-0.3, -0.25) is 14.2 Å². The molecule has 4 atom stereocenters. The number of hydrogen-bond acceptors (Lipinski definition) is 10. The highest BCUT2D eigenvalue weighted by molar-refractivity contribution is 7.22. The number of nitrogens with two attached hydrogens (primary N) is 1. The van der Waals surface area contributed by atoms with Crippen molar-refractivity contribution in [3.63, 3.8) is 0 Å². The van der Waals surface area contributed by atoms with Gasteiger partial charge in [-0.25, -0.2) is 4.99 Å². The van der Waals surface area contributed by atoms with Crippen LogP contribution in [0.5, 0.6) is 0 Å². The number of rotatable bonds is 11. The number of nitrogens with one attached hydrogen (secondary N) is 1. The van der Waals surface area contributed by atoms with Crippen LogP contribution in [0.15, 0.2) is 137 Å². The second-order valence-electron chi connectivity index (χ2n) is 14.6. The van der Waals surface area contributed by atoms with Gasteiger partial charge in [-0.1, -0.05) is 87.6 Å². The van der Waals surface area contributed by atoms with Crippen LogP contribution in [-0.4, -0.2) is 125 Å². The summed E-state index contributed by atoms with van der Waals surface area (Å²) in [4.78, 5) is 37.2. The highest BCUT2D eigenvalue weighted by Crippen LogP contribution is 2.36. The average Bonchev–Trinajstić information content (AvgIpc) is 3.57. The summed E-state index contributed by atoms with van der Waals surface area (Å²) < 4.78 is 8.90. The number of aliphatic hydroxyl groups excluding tert-OH is 2. The number of carbonyl (C=O) groups is 2. The third-order valence-electron chi connectivity index (χ3n) is 10.8. The fourth-order valence-electron chi connectivity index (χ4n) is 7.26. The van der Waals surface area contributed by atoms with Crippen LogP contribution in [0.3, 0.4) is 0 Å². The van der Waals surface area contributed by atoms with Gasteiger partial charge in [0.25, 0.3) is 0 Å². The Hall–Kier alpha value is -5.35. The normalized spacial score (nSPS) is 18.0. The third-order valence-corrected chi connectivity index (χ3v) is 10.8. The van der Waals surface area contributed by atoms with E-state index in [0.717, 1.165) is 46.9 Å². The van der Waals surface area contributed by atoms with E-state index in [9.17, 15) is 14.7 Å². The SMILES string of the molecule is C.C.CC1=C(N)C(=O)C(c2ccccc2)N1C.CCN(CCO)c1cccc(C)c1.CC[NH+](CCO)C1C=CC(=NC2=C(C)N(C)C(c3ccccc3)C2=O)C(C)=C1.CP=O.O.O.O.O. The molecule has 0 aromatic heterocycles. The van der Waals surface area contributed by atoms with Gasteiger partial charge in [0.15, 0.2) is 8.46 Å². The van der Waals surface area contributed by atoms with E-state index in [0.29, 0.717) is 24.5 Å². The van der Waals surface area contributed by atoms with Crippen LogP contribution in [0, 0.1) is 6.92 Å². The molecule has 2 heterocycles. The predicted octanol–water partition coefficient (Wildman–Crippen LogP) is 3.82. The Morgan fingerprint density at radius 1 is 0.769 bits per heavy atom. The summed E-state index contributed by atoms with van der Waals surface area (Å²) in [6, 6.07) is 27.6. The number of ketones is 2. The molecule has 3 aromatic rings. The molecule has 1 aliphatic carbocycles. The molecule has 16 heteroatoms. The molecule has 0 bridgehead atoms. The number of benzene rings is 3. The maximum absolute atomic E-state index is 13.1. The zero-order valence-electron chi connectivity index (χ0n) is 38.2. The number of anilines is 1. The quantitative estimate of drug-likeness (QED) is 0.203. The first-order valence-corrected chi connectivity index (χ1v) is 21.4. The van der Waals surface area contributed by atoms with Gasteiger partial charge < -0.3 is 57.5 Å². The summed E-state index contributed by atoms with van der Waals surface area (Å²) in [5.41, 5.74) is 14.7. The van der Waals surface area contributed by atoms with Gasteiger partial charge in [0.1, 0.15) is 30.4 Å². The molecule has 3 aromatic carbocycles. The van der Waals surface area contributed by atoms with Gasteiger partial charge in [-0.05, 0) is 94.2 Å². The molecule has 0 saturated heterocycles. The maximum atomic E-state index is 13.1. The topological polar surface area (TPSA) is 270 Å². The molecule has 364 valence electrons. The predicted molar refractivity (Wildman–Crippen MR) is 269 cm³/mol. The minimum atomic E-state index is -0.310. The standard InChI is InChI=1S/C23H29N3O2.C12H14N2O.C11H17NO.CH3OP.2CH4.4H2O/c1-5-26(13-14-27)19-11-12-20(16(2)15-19)24-21-17(3)25(4)22(23(21)28)18-9-7-6-8-10-18;1-8-10(13)12(15)11(14(8)2)9-6-4-3-5-7-9;1-3-12(7-8-13)11-6-4-5-10(2)9-11;1-3-2;;;;;;/h6-12,15,19,22,27H,5,13-14H2,1-4H3;3-7,11H,13H2,1-2H3;4-6,9,13H,3,7-8H2,1-2H3;1H3;2*1H4;4*1H2/p+1. The monoisotopic (exact) mass is 928 g/mol. The lowest BCUT2D eigenvalue weighted by Gasteiger charge is -2.25. The van der Waals surface area contributed by atoms with E-state index in [4.69, 9.17) is 20.4 Å². The van der Waals surface area contributed by atoms with Crippen molar-refractivity contribution in [2.75, 3.05) is 65.1 Å². The van der Waals surface area contributed by atoms with E-state index < -0.39 is 0 Å². The van der Waals surface area contributed by atoms with Crippen LogP contribution in [0.25, 0.3) is 0 Å². The molecule has 6 rings (SSSR count). The largest absolute Gasteiger partial charge is 0.412 e. The second-order valence-corrected chi connectivity index (χ2v) is 14.9. The minimum absolute atomic E-state index is 0. The summed E-state index contributed by atoms with van der Waals surface area (Å²) >= 11 is 0. The van der Waals surface area contributed by atoms with E-state index in [-0.39, 0.29) is 88.1 Å². The van der Waals surface area contributed by atoms with Crippen LogP contribution in [0.4, 0.5) is 5.69 Å². The number of aliphatic imine (C=N–C) groups is 1. The van der Waals surface area contributed by atoms with Crippen molar-refractivity contribution in [1.29, 1.82) is 0 Å². The Morgan fingerprint density at radius 3 is 1.69 bits per heavy atom. The lowest BCUT2D eigenvalue weighted by molar-refractivity contribution is -0.910. The smallest absolute Gasteiger partial charge is 0.209 e. The number of aliphatic hydroxyl groups is 2. The minimum Gasteiger partial charge on any atom is -0.412 e. The number of carbonyl (C=O) groups excluding carboxylic acids is 2. The molecule has 0 radical (unpaired) electrons. The van der Waals surface area contributed by atoms with Crippen LogP contribution >= 0.6 is 8.46 Å². The lowest BCUT2D eigenvalue weighted by atomic mass is 10.00. The summed E-state index contributed by atoms with van der Waals surface area (Å²) in [5.74, 6) is 0.0457. The second kappa shape index (κ2) is 33.2. The summed E-state index contributed by atoms with van der Waals surface area (Å²) in [6.07, 6.45) is 6.31. The fraction of sp³-hybridized carbons (Fsp3) is 0.408. The van der Waals surface area contributed by atoms with Gasteiger partial charge in [-0.15, -0.1) is 0 Å². The Bertz CT molecular complexity index is 2030. The van der Waals surface area contributed by atoms with E-state index in [1.165, 1.54) is 16.2 Å². The van der Waals surface area contributed by atoms with Crippen molar-refractivity contribution in [2.24, 2.45) is 10.7 Å². The van der Waals surface area contributed by atoms with E-state index in [2.05, 4.69) is 56.0 Å². The van der Waals surface area contributed by atoms with Gasteiger partial charge in [0.05, 0.1) is 31.2 Å². The molecule has 0 amide bonds. The van der Waals surface area contributed by atoms with Crippen molar-refractivity contribution < 1.29 is 51.2 Å². The molecule has 0 saturated carbocycles. The zero-order valence-corrected chi connectivity index (χ0v) is 39.1. The molecule has 65 heavy (non-hydrogen) atoms. The lowest BCUT2D eigenvalue weighted by Crippen LogP contribution is -3.15. The van der Waals surface area contributed by atoms with Crippen molar-refractivity contribution in [2.45, 2.75) is 74.5 Å². The zero-order chi connectivity index (χ0) is 43.6. The average molecular weight is 928 g/mol. The van der Waals surface area contributed by atoms with Crippen LogP contribution in [-0.2, 0) is 14.2 Å². The molecule has 4 unspecified atom stereocenters. The molecule has 15 nitrogen and oxygen atoms in total. The number of aryl methyl sites for hydroxylation is 1. The first-order chi connectivity index (χ1) is 28.3. The maximum Gasteiger partial charge on any atom is 0.209 e. The Kier molecular flexibility index (Phi) is 33.8. The molecule has 0 fully saturated rings. The number of likely N-dealkylation sites (N-methyl/N-ethyl adjacent to an activating group) is 4. The molecular formula is C49H80N6O9P+. The highest BCUT2D eigenvalue weighted by atomic mass is 31.1. The number of quaternary nitrogens is 1. The number of nitrogens with zero attached hydrogens (tertiary/aromatic N) is 4. The molecule has 13 N–H and O–H groups in total. The summed E-state index contributed by atoms with van der Waals surface area (Å²) in [5, 5.41) is 18.1. The van der Waals surface area contributed by atoms with Gasteiger partial charge >= 0.3 is 0 Å². The Morgan fingerprint density at radius 2 is 1.28 bits per heavy atom. The fourth-order valence-corrected chi connectivity index (χ4v) is 7.26. The van der Waals surface area contributed by atoms with Crippen molar-refractivity contribution >= 4 is 31.4 Å². The van der Waals surface area contributed by atoms with Gasteiger partial charge in [-0.2, -0.15) is 0 Å².